The van der Waals surface area contributed by atoms with Crippen LogP contribution in [0.1, 0.15) is 49.4 Å². The second-order valence-electron chi connectivity index (χ2n) is 10.6. The van der Waals surface area contributed by atoms with Gasteiger partial charge in [0.2, 0.25) is 5.91 Å². The summed E-state index contributed by atoms with van der Waals surface area (Å²) >= 11 is 6.24. The summed E-state index contributed by atoms with van der Waals surface area (Å²) in [5.41, 5.74) is 5.36. The van der Waals surface area contributed by atoms with E-state index in [9.17, 15) is 9.59 Å². The first-order valence-electron chi connectivity index (χ1n) is 14.4. The Labute approximate surface area is 258 Å². The summed E-state index contributed by atoms with van der Waals surface area (Å²) in [5, 5.41) is 21.2. The Morgan fingerprint density at radius 3 is 2.84 bits per heavy atom. The van der Waals surface area contributed by atoms with Crippen molar-refractivity contribution in [1.29, 1.82) is 0 Å². The Morgan fingerprint density at radius 1 is 1.11 bits per heavy atom. The van der Waals surface area contributed by atoms with Crippen molar-refractivity contribution >= 4 is 41.1 Å². The molecule has 12 nitrogen and oxygen atoms in total. The number of hydrogen-bond donors (Lipinski definition) is 3. The van der Waals surface area contributed by atoms with Crippen LogP contribution >= 0.6 is 11.6 Å². The van der Waals surface area contributed by atoms with Crippen molar-refractivity contribution in [3.63, 3.8) is 0 Å². The van der Waals surface area contributed by atoms with Gasteiger partial charge in [-0.3, -0.25) is 15.1 Å². The molecule has 0 radical (unpaired) electrons. The normalized spacial score (nSPS) is 19.5. The zero-order valence-corrected chi connectivity index (χ0v) is 24.7. The number of carbonyl (C=O) groups excluding carboxylic acids is 2. The van der Waals surface area contributed by atoms with Crippen LogP contribution in [0.15, 0.2) is 67.1 Å². The number of nitrogens with zero attached hydrogens (tertiary/aromatic N) is 5. The van der Waals surface area contributed by atoms with Gasteiger partial charge in [0, 0.05) is 39.8 Å². The van der Waals surface area contributed by atoms with Crippen LogP contribution in [-0.4, -0.2) is 56.6 Å². The van der Waals surface area contributed by atoms with Crippen molar-refractivity contribution in [2.24, 2.45) is 0 Å². The quantitative estimate of drug-likeness (QED) is 0.195. The first-order chi connectivity index (χ1) is 21.5. The zero-order chi connectivity index (χ0) is 30.5. The number of methoxy groups -OCH3 is 1. The van der Waals surface area contributed by atoms with Gasteiger partial charge in [-0.25, -0.2) is 4.79 Å². The van der Waals surface area contributed by atoms with Crippen LogP contribution in [0, 0.1) is 0 Å². The number of pyridine rings is 1. The number of carbonyl (C=O) groups is 2. The predicted octanol–water partition coefficient (Wildman–Crippen LogP) is 5.53. The molecular weight excluding hydrogens is 584 g/mol. The minimum atomic E-state index is -0.549. The summed E-state index contributed by atoms with van der Waals surface area (Å²) in [5.74, 6) is -0.263. The standard InChI is InChI=1S/C31H31ClN8O4/c1-43-31(42)35-22-9-10-23-19-13-14-33-26(16-19)24(5-3-2-4-6-28-30(44-28)37-25(23)17-22)36-29(41)12-7-20-15-21(32)8-11-27(20)40-18-34-38-39-40/h7-18,24,28,30,37H,2-6H2,1H3,(H,35,42)(H,36,41)/b12-7+/t24-,28?,30?/m0/s1. The molecule has 4 heterocycles. The van der Waals surface area contributed by atoms with E-state index >= 15 is 0 Å². The average molecular weight is 615 g/mol. The molecule has 226 valence electrons. The molecule has 6 rings (SSSR count). The monoisotopic (exact) mass is 614 g/mol. The van der Waals surface area contributed by atoms with Crippen LogP contribution in [-0.2, 0) is 14.3 Å². The van der Waals surface area contributed by atoms with E-state index in [0.29, 0.717) is 22.0 Å². The zero-order valence-electron chi connectivity index (χ0n) is 23.9. The highest BCUT2D eigenvalue weighted by Gasteiger charge is 2.38. The summed E-state index contributed by atoms with van der Waals surface area (Å²) in [4.78, 5) is 29.8. The molecule has 2 aromatic heterocycles. The fourth-order valence-corrected chi connectivity index (χ4v) is 5.48. The van der Waals surface area contributed by atoms with Gasteiger partial charge in [0.25, 0.3) is 0 Å². The predicted molar refractivity (Wildman–Crippen MR) is 165 cm³/mol. The third-order valence-electron chi connectivity index (χ3n) is 7.58. The Kier molecular flexibility index (Phi) is 8.80. The smallest absolute Gasteiger partial charge is 0.411 e. The SMILES string of the molecule is COC(=O)Nc1ccc2c(c1)NC1OC1CCCCC[C@H](NC(=O)/C=C/c1cc(Cl)ccc1-n1cnnn1)c1cc-2ccn1. The molecule has 2 amide bonds. The number of aromatic nitrogens is 5. The van der Waals surface area contributed by atoms with E-state index < -0.39 is 6.09 Å². The molecule has 2 aliphatic heterocycles. The molecule has 2 aliphatic rings. The fourth-order valence-electron chi connectivity index (χ4n) is 5.30. The summed E-state index contributed by atoms with van der Waals surface area (Å²) in [6.45, 7) is 0. The van der Waals surface area contributed by atoms with Crippen LogP contribution < -0.4 is 16.0 Å². The van der Waals surface area contributed by atoms with Crippen LogP contribution in [0.3, 0.4) is 0 Å². The van der Waals surface area contributed by atoms with E-state index in [1.165, 1.54) is 24.2 Å². The van der Waals surface area contributed by atoms with Crippen LogP contribution in [0.25, 0.3) is 22.9 Å². The van der Waals surface area contributed by atoms with Gasteiger partial charge >= 0.3 is 6.09 Å². The maximum atomic E-state index is 13.3. The number of nitrogens with one attached hydrogen (secondary N) is 3. The van der Waals surface area contributed by atoms with E-state index in [4.69, 9.17) is 21.1 Å². The Morgan fingerprint density at radius 2 is 2.00 bits per heavy atom. The molecule has 3 N–H and O–H groups in total. The number of rotatable bonds is 5. The Bertz CT molecular complexity index is 1680. The molecule has 1 saturated heterocycles. The molecule has 2 bridgehead atoms. The van der Waals surface area contributed by atoms with Crippen molar-refractivity contribution in [1.82, 2.24) is 30.5 Å². The molecule has 0 spiro atoms. The summed E-state index contributed by atoms with van der Waals surface area (Å²) in [6, 6.07) is 14.5. The van der Waals surface area contributed by atoms with Crippen LogP contribution in [0.4, 0.5) is 16.2 Å². The van der Waals surface area contributed by atoms with Gasteiger partial charge in [-0.1, -0.05) is 36.9 Å². The van der Waals surface area contributed by atoms with E-state index in [2.05, 4.69) is 36.5 Å². The largest absolute Gasteiger partial charge is 0.453 e. The number of anilines is 2. The van der Waals surface area contributed by atoms with E-state index in [0.717, 1.165) is 54.6 Å². The molecule has 2 aromatic carbocycles. The number of tetrazole rings is 1. The minimum Gasteiger partial charge on any atom is -0.453 e. The maximum Gasteiger partial charge on any atom is 0.411 e. The molecule has 44 heavy (non-hydrogen) atoms. The van der Waals surface area contributed by atoms with E-state index in [1.54, 1.807) is 30.5 Å². The van der Waals surface area contributed by atoms with Crippen LogP contribution in [0.2, 0.25) is 5.02 Å². The van der Waals surface area contributed by atoms with Gasteiger partial charge in [0.1, 0.15) is 12.4 Å². The first-order valence-corrected chi connectivity index (χ1v) is 14.7. The molecule has 4 aromatic rings. The van der Waals surface area contributed by atoms with Gasteiger partial charge in [-0.2, -0.15) is 4.68 Å². The molecule has 1 fully saturated rings. The Hall–Kier alpha value is -4.81. The van der Waals surface area contributed by atoms with Crippen molar-refractivity contribution in [3.05, 3.63) is 83.4 Å². The number of amides is 2. The number of halogens is 1. The van der Waals surface area contributed by atoms with Crippen molar-refractivity contribution < 1.29 is 19.1 Å². The van der Waals surface area contributed by atoms with Gasteiger partial charge < -0.3 is 20.1 Å². The van der Waals surface area contributed by atoms with Gasteiger partial charge in [0.05, 0.1) is 24.5 Å². The summed E-state index contributed by atoms with van der Waals surface area (Å²) < 4.78 is 12.2. The lowest BCUT2D eigenvalue weighted by Gasteiger charge is -2.20. The summed E-state index contributed by atoms with van der Waals surface area (Å²) in [6.07, 6.45) is 10.5. The maximum absolute atomic E-state index is 13.3. The van der Waals surface area contributed by atoms with E-state index in [1.807, 2.05) is 30.3 Å². The third kappa shape index (κ3) is 7.04. The number of ether oxygens (including phenoxy) is 2. The van der Waals surface area contributed by atoms with Gasteiger partial charge in [-0.15, -0.1) is 5.10 Å². The minimum absolute atomic E-state index is 0.0916. The topological polar surface area (TPSA) is 148 Å². The molecule has 0 saturated carbocycles. The lowest BCUT2D eigenvalue weighted by molar-refractivity contribution is -0.117. The second-order valence-corrected chi connectivity index (χ2v) is 11.0. The van der Waals surface area contributed by atoms with Gasteiger partial charge in [0.15, 0.2) is 6.23 Å². The van der Waals surface area contributed by atoms with Crippen molar-refractivity contribution in [3.8, 4) is 16.8 Å². The third-order valence-corrected chi connectivity index (χ3v) is 7.81. The van der Waals surface area contributed by atoms with Gasteiger partial charge in [-0.05, 0) is 77.4 Å². The second kappa shape index (κ2) is 13.2. The molecule has 13 heteroatoms. The molecule has 2 unspecified atom stereocenters. The number of fused-ring (bicyclic) bond motifs is 5. The molecule has 0 aliphatic carbocycles. The van der Waals surface area contributed by atoms with Crippen LogP contribution in [0.5, 0.6) is 0 Å². The fraction of sp³-hybridized carbons (Fsp3) is 0.290. The summed E-state index contributed by atoms with van der Waals surface area (Å²) in [7, 11) is 1.32. The number of epoxide rings is 1. The van der Waals surface area contributed by atoms with E-state index in [-0.39, 0.29) is 24.3 Å². The lowest BCUT2D eigenvalue weighted by atomic mass is 9.98. The molecule has 3 atom stereocenters. The highest BCUT2D eigenvalue weighted by atomic mass is 35.5. The number of benzene rings is 2. The highest BCUT2D eigenvalue weighted by molar-refractivity contribution is 6.30. The lowest BCUT2D eigenvalue weighted by Crippen LogP contribution is -2.27. The van der Waals surface area contributed by atoms with Crippen molar-refractivity contribution in [2.75, 3.05) is 17.7 Å². The average Bonchev–Trinajstić information content (AvgIpc) is 3.52. The highest BCUT2D eigenvalue weighted by Crippen LogP contribution is 2.37. The van der Waals surface area contributed by atoms with Crippen molar-refractivity contribution in [2.45, 2.75) is 50.5 Å². The first kappa shape index (κ1) is 29.3. The number of hydrogen-bond acceptors (Lipinski definition) is 9. The molecular formula is C31H31ClN8O4. The Balaban J connectivity index is 1.27.